The third kappa shape index (κ3) is 2.24. The molecule has 2 atom stereocenters. The van der Waals surface area contributed by atoms with Crippen molar-refractivity contribution in [2.24, 2.45) is 13.0 Å². The van der Waals surface area contributed by atoms with Crippen LogP contribution in [-0.2, 0) is 11.8 Å². The van der Waals surface area contributed by atoms with Crippen molar-refractivity contribution in [3.8, 4) is 11.4 Å². The average Bonchev–Trinajstić information content (AvgIpc) is 2.95. The fraction of sp³-hybridized carbons (Fsp3) is 0.455. The van der Waals surface area contributed by atoms with E-state index < -0.39 is 11.9 Å². The van der Waals surface area contributed by atoms with E-state index in [1.54, 1.807) is 38.0 Å². The average molecular weight is 250 g/mol. The Balaban J connectivity index is 2.23. The summed E-state index contributed by atoms with van der Waals surface area (Å²) in [6, 6.07) is 0. The van der Waals surface area contributed by atoms with Crippen molar-refractivity contribution < 1.29 is 14.4 Å². The SMILES string of the molecule is CC(C(=O)O)C(C)c1nc(-c2cnn(C)c2)no1. The van der Waals surface area contributed by atoms with Gasteiger partial charge >= 0.3 is 5.97 Å². The van der Waals surface area contributed by atoms with Crippen LogP contribution < -0.4 is 0 Å². The zero-order valence-electron chi connectivity index (χ0n) is 10.4. The molecule has 7 heteroatoms. The van der Waals surface area contributed by atoms with Gasteiger partial charge in [-0.2, -0.15) is 10.1 Å². The fourth-order valence-electron chi connectivity index (χ4n) is 1.50. The zero-order chi connectivity index (χ0) is 13.3. The van der Waals surface area contributed by atoms with E-state index in [2.05, 4.69) is 15.2 Å². The number of aryl methyl sites for hydroxylation is 1. The number of aliphatic carboxylic acids is 1. The predicted octanol–water partition coefficient (Wildman–Crippen LogP) is 1.29. The first kappa shape index (κ1) is 12.3. The second-order valence-corrected chi connectivity index (χ2v) is 4.27. The maximum atomic E-state index is 10.9. The molecular formula is C11H14N4O3. The number of nitrogens with zero attached hydrogens (tertiary/aromatic N) is 4. The molecule has 2 unspecified atom stereocenters. The topological polar surface area (TPSA) is 94.0 Å². The lowest BCUT2D eigenvalue weighted by molar-refractivity contribution is -0.141. The number of aromatic nitrogens is 4. The molecule has 0 amide bonds. The highest BCUT2D eigenvalue weighted by atomic mass is 16.5. The molecule has 0 saturated carbocycles. The molecule has 0 radical (unpaired) electrons. The standard InChI is InChI=1S/C11H14N4O3/c1-6(7(2)11(16)17)10-13-9(14-18-10)8-4-12-15(3)5-8/h4-7H,1-3H3,(H,16,17). The number of carboxylic acid groups (broad SMARTS) is 1. The molecule has 18 heavy (non-hydrogen) atoms. The van der Waals surface area contributed by atoms with E-state index in [9.17, 15) is 4.79 Å². The second-order valence-electron chi connectivity index (χ2n) is 4.27. The summed E-state index contributed by atoms with van der Waals surface area (Å²) in [5.41, 5.74) is 0.739. The van der Waals surface area contributed by atoms with E-state index in [4.69, 9.17) is 9.63 Å². The van der Waals surface area contributed by atoms with E-state index in [1.807, 2.05) is 0 Å². The Morgan fingerprint density at radius 3 is 2.78 bits per heavy atom. The minimum atomic E-state index is -0.886. The largest absolute Gasteiger partial charge is 0.481 e. The van der Waals surface area contributed by atoms with Crippen LogP contribution in [0.5, 0.6) is 0 Å². The second kappa shape index (κ2) is 4.59. The summed E-state index contributed by atoms with van der Waals surface area (Å²) in [5.74, 6) is -1.05. The molecule has 0 bridgehead atoms. The molecule has 96 valence electrons. The van der Waals surface area contributed by atoms with Crippen LogP contribution >= 0.6 is 0 Å². The Labute approximate surface area is 103 Å². The van der Waals surface area contributed by atoms with Crippen molar-refractivity contribution in [2.45, 2.75) is 19.8 Å². The number of hydrogen-bond acceptors (Lipinski definition) is 5. The smallest absolute Gasteiger partial charge is 0.307 e. The summed E-state index contributed by atoms with van der Waals surface area (Å²) in [4.78, 5) is 15.1. The van der Waals surface area contributed by atoms with E-state index in [0.717, 1.165) is 5.56 Å². The van der Waals surface area contributed by atoms with Crippen LogP contribution in [0.4, 0.5) is 0 Å². The summed E-state index contributed by atoms with van der Waals surface area (Å²) in [6.45, 7) is 3.36. The molecule has 2 aromatic heterocycles. The molecule has 7 nitrogen and oxygen atoms in total. The number of hydrogen-bond donors (Lipinski definition) is 1. The third-order valence-electron chi connectivity index (χ3n) is 2.93. The van der Waals surface area contributed by atoms with Crippen molar-refractivity contribution in [3.05, 3.63) is 18.3 Å². The molecule has 0 fully saturated rings. The van der Waals surface area contributed by atoms with Crippen molar-refractivity contribution in [3.63, 3.8) is 0 Å². The van der Waals surface area contributed by atoms with Gasteiger partial charge in [0.05, 0.1) is 17.7 Å². The highest BCUT2D eigenvalue weighted by Crippen LogP contribution is 2.25. The lowest BCUT2D eigenvalue weighted by Gasteiger charge is -2.10. The van der Waals surface area contributed by atoms with Gasteiger partial charge in [-0.05, 0) is 0 Å². The molecule has 0 saturated heterocycles. The molecule has 0 spiro atoms. The van der Waals surface area contributed by atoms with Gasteiger partial charge < -0.3 is 9.63 Å². The van der Waals surface area contributed by atoms with E-state index in [0.29, 0.717) is 11.7 Å². The molecule has 2 heterocycles. The lowest BCUT2D eigenvalue weighted by Crippen LogP contribution is -2.16. The van der Waals surface area contributed by atoms with Gasteiger partial charge in [0.15, 0.2) is 0 Å². The summed E-state index contributed by atoms with van der Waals surface area (Å²) in [5, 5.41) is 16.8. The minimum absolute atomic E-state index is 0.323. The monoisotopic (exact) mass is 250 g/mol. The normalized spacial score (nSPS) is 14.4. The number of rotatable bonds is 4. The molecule has 0 aromatic carbocycles. The summed E-state index contributed by atoms with van der Waals surface area (Å²) in [7, 11) is 1.79. The highest BCUT2D eigenvalue weighted by Gasteiger charge is 2.26. The van der Waals surface area contributed by atoms with Crippen LogP contribution in [0.25, 0.3) is 11.4 Å². The van der Waals surface area contributed by atoms with Crippen LogP contribution in [0.3, 0.4) is 0 Å². The van der Waals surface area contributed by atoms with Crippen molar-refractivity contribution >= 4 is 5.97 Å². The van der Waals surface area contributed by atoms with Crippen LogP contribution in [0.15, 0.2) is 16.9 Å². The maximum absolute atomic E-state index is 10.9. The molecular weight excluding hydrogens is 236 g/mol. The quantitative estimate of drug-likeness (QED) is 0.878. The van der Waals surface area contributed by atoms with Gasteiger partial charge in [-0.15, -0.1) is 0 Å². The summed E-state index contributed by atoms with van der Waals surface area (Å²) >= 11 is 0. The van der Waals surface area contributed by atoms with Gasteiger partial charge in [0.25, 0.3) is 0 Å². The molecule has 0 aliphatic carbocycles. The Morgan fingerprint density at radius 2 is 2.22 bits per heavy atom. The highest BCUT2D eigenvalue weighted by molar-refractivity contribution is 5.70. The minimum Gasteiger partial charge on any atom is -0.481 e. The lowest BCUT2D eigenvalue weighted by atomic mass is 9.96. The Bertz CT molecular complexity index is 560. The summed E-state index contributed by atoms with van der Waals surface area (Å²) in [6.07, 6.45) is 3.39. The Kier molecular flexibility index (Phi) is 3.14. The van der Waals surface area contributed by atoms with Gasteiger partial charge in [-0.1, -0.05) is 19.0 Å². The van der Waals surface area contributed by atoms with Crippen molar-refractivity contribution in [1.82, 2.24) is 19.9 Å². The van der Waals surface area contributed by atoms with Gasteiger partial charge in [-0.25, -0.2) is 0 Å². The molecule has 2 rings (SSSR count). The van der Waals surface area contributed by atoms with Gasteiger partial charge in [0.2, 0.25) is 11.7 Å². The van der Waals surface area contributed by atoms with Crippen LogP contribution in [0, 0.1) is 5.92 Å². The van der Waals surface area contributed by atoms with Crippen LogP contribution in [0.2, 0.25) is 0 Å². The first-order valence-electron chi connectivity index (χ1n) is 5.54. The van der Waals surface area contributed by atoms with E-state index >= 15 is 0 Å². The molecule has 0 aliphatic heterocycles. The van der Waals surface area contributed by atoms with E-state index in [-0.39, 0.29) is 5.92 Å². The Hall–Kier alpha value is -2.18. The predicted molar refractivity (Wildman–Crippen MR) is 61.7 cm³/mol. The molecule has 2 aromatic rings. The fourth-order valence-corrected chi connectivity index (χ4v) is 1.50. The number of carboxylic acids is 1. The van der Waals surface area contributed by atoms with Crippen LogP contribution in [0.1, 0.15) is 25.7 Å². The maximum Gasteiger partial charge on any atom is 0.307 e. The first-order chi connectivity index (χ1) is 8.49. The van der Waals surface area contributed by atoms with Gasteiger partial charge in [-0.3, -0.25) is 9.48 Å². The molecule has 0 aliphatic rings. The van der Waals surface area contributed by atoms with Crippen molar-refractivity contribution in [2.75, 3.05) is 0 Å². The summed E-state index contributed by atoms with van der Waals surface area (Å²) < 4.78 is 6.73. The first-order valence-corrected chi connectivity index (χ1v) is 5.54. The van der Waals surface area contributed by atoms with Gasteiger partial charge in [0.1, 0.15) is 0 Å². The zero-order valence-corrected chi connectivity index (χ0v) is 10.4. The Morgan fingerprint density at radius 1 is 1.50 bits per heavy atom. The number of carbonyl (C=O) groups is 1. The van der Waals surface area contributed by atoms with E-state index in [1.165, 1.54) is 0 Å². The molecule has 1 N–H and O–H groups in total. The van der Waals surface area contributed by atoms with Crippen LogP contribution in [-0.4, -0.2) is 31.0 Å². The van der Waals surface area contributed by atoms with Crippen molar-refractivity contribution in [1.29, 1.82) is 0 Å². The third-order valence-corrected chi connectivity index (χ3v) is 2.93. The van der Waals surface area contributed by atoms with Gasteiger partial charge in [0, 0.05) is 19.2 Å².